The molecule has 0 aromatic rings. The van der Waals surface area contributed by atoms with Gasteiger partial charge in [-0.3, -0.25) is 10.1 Å². The predicted molar refractivity (Wildman–Crippen MR) is 51.4 cm³/mol. The monoisotopic (exact) mass is 184 g/mol. The Morgan fingerprint density at radius 3 is 2.62 bits per heavy atom. The molecular weight excluding hydrogens is 168 g/mol. The van der Waals surface area contributed by atoms with E-state index in [0.29, 0.717) is 6.42 Å². The molecule has 3 nitrogen and oxygen atoms in total. The first-order valence-electron chi connectivity index (χ1n) is 4.13. The van der Waals surface area contributed by atoms with E-state index in [9.17, 15) is 4.79 Å². The van der Waals surface area contributed by atoms with Crippen LogP contribution >= 0.6 is 0 Å². The van der Waals surface area contributed by atoms with Crippen LogP contribution in [0.5, 0.6) is 0 Å². The van der Waals surface area contributed by atoms with Gasteiger partial charge in [0.1, 0.15) is 11.9 Å². The van der Waals surface area contributed by atoms with E-state index in [1.165, 1.54) is 6.08 Å². The lowest BCUT2D eigenvalue weighted by molar-refractivity contribution is -0.297. The van der Waals surface area contributed by atoms with Crippen LogP contribution in [0, 0.1) is 0 Å². The normalized spacial score (nSPS) is 13.7. The van der Waals surface area contributed by atoms with Crippen molar-refractivity contribution in [3.8, 4) is 0 Å². The number of rotatable bonds is 5. The standard InChI is InChI=1S/C10H16O3/c1-9(6-8-11)5-4-7-10(2,3)13-12/h4,6-8,12H,5H2,1-3H3. The minimum absolute atomic E-state index is 0.665. The summed E-state index contributed by atoms with van der Waals surface area (Å²) in [5, 5.41) is 8.44. The van der Waals surface area contributed by atoms with Crippen LogP contribution in [0.15, 0.2) is 23.8 Å². The average Bonchev–Trinajstić information content (AvgIpc) is 2.05. The molecule has 0 heterocycles. The summed E-state index contributed by atoms with van der Waals surface area (Å²) in [4.78, 5) is 14.3. The van der Waals surface area contributed by atoms with E-state index in [-0.39, 0.29) is 0 Å². The van der Waals surface area contributed by atoms with E-state index in [2.05, 4.69) is 4.89 Å². The Hall–Kier alpha value is -0.930. The van der Waals surface area contributed by atoms with Gasteiger partial charge in [-0.2, -0.15) is 0 Å². The van der Waals surface area contributed by atoms with Crippen LogP contribution < -0.4 is 0 Å². The molecule has 74 valence electrons. The maximum absolute atomic E-state index is 10.1. The highest BCUT2D eigenvalue weighted by Crippen LogP contribution is 2.10. The lowest BCUT2D eigenvalue weighted by Gasteiger charge is -2.14. The molecular formula is C10H16O3. The van der Waals surface area contributed by atoms with E-state index in [1.807, 2.05) is 13.0 Å². The molecule has 0 bridgehead atoms. The van der Waals surface area contributed by atoms with E-state index < -0.39 is 5.60 Å². The Kier molecular flexibility index (Phi) is 5.26. The molecule has 0 aromatic carbocycles. The van der Waals surface area contributed by atoms with Gasteiger partial charge in [0.25, 0.3) is 0 Å². The third-order valence-corrected chi connectivity index (χ3v) is 1.55. The smallest absolute Gasteiger partial charge is 0.142 e. The van der Waals surface area contributed by atoms with Gasteiger partial charge in [-0.25, -0.2) is 4.89 Å². The van der Waals surface area contributed by atoms with Crippen molar-refractivity contribution in [1.82, 2.24) is 0 Å². The van der Waals surface area contributed by atoms with Crippen molar-refractivity contribution in [2.24, 2.45) is 0 Å². The van der Waals surface area contributed by atoms with Crippen molar-refractivity contribution < 1.29 is 14.9 Å². The van der Waals surface area contributed by atoms with Gasteiger partial charge >= 0.3 is 0 Å². The number of hydrogen-bond donors (Lipinski definition) is 1. The van der Waals surface area contributed by atoms with Gasteiger partial charge in [-0.1, -0.05) is 17.7 Å². The summed E-state index contributed by atoms with van der Waals surface area (Å²) in [5.74, 6) is 0. The van der Waals surface area contributed by atoms with Crippen molar-refractivity contribution in [2.75, 3.05) is 0 Å². The highest BCUT2D eigenvalue weighted by molar-refractivity contribution is 5.65. The second-order valence-corrected chi connectivity index (χ2v) is 3.45. The minimum atomic E-state index is -0.665. The Morgan fingerprint density at radius 2 is 2.15 bits per heavy atom. The van der Waals surface area contributed by atoms with Gasteiger partial charge in [0.2, 0.25) is 0 Å². The van der Waals surface area contributed by atoms with Gasteiger partial charge in [0.15, 0.2) is 0 Å². The van der Waals surface area contributed by atoms with Gasteiger partial charge in [-0.05, 0) is 33.3 Å². The van der Waals surface area contributed by atoms with Crippen molar-refractivity contribution in [3.63, 3.8) is 0 Å². The van der Waals surface area contributed by atoms with Crippen molar-refractivity contribution in [3.05, 3.63) is 23.8 Å². The van der Waals surface area contributed by atoms with Crippen LogP contribution in [0.3, 0.4) is 0 Å². The lowest BCUT2D eigenvalue weighted by Crippen LogP contribution is -2.18. The Labute approximate surface area is 78.6 Å². The molecule has 0 aliphatic rings. The van der Waals surface area contributed by atoms with Gasteiger partial charge in [0.05, 0.1) is 0 Å². The van der Waals surface area contributed by atoms with Crippen molar-refractivity contribution in [2.45, 2.75) is 32.8 Å². The predicted octanol–water partition coefficient (Wildman–Crippen LogP) is 2.35. The zero-order valence-electron chi connectivity index (χ0n) is 8.28. The van der Waals surface area contributed by atoms with Gasteiger partial charge in [0, 0.05) is 0 Å². The molecule has 0 amide bonds. The summed E-state index contributed by atoms with van der Waals surface area (Å²) in [6.45, 7) is 5.34. The first-order chi connectivity index (χ1) is 6.02. The second kappa shape index (κ2) is 5.67. The topological polar surface area (TPSA) is 46.5 Å². The second-order valence-electron chi connectivity index (χ2n) is 3.45. The van der Waals surface area contributed by atoms with Crippen LogP contribution in [0.1, 0.15) is 27.2 Å². The fraction of sp³-hybridized carbons (Fsp3) is 0.500. The molecule has 0 aliphatic carbocycles. The molecule has 0 aromatic heterocycles. The zero-order chi connectivity index (χ0) is 10.3. The van der Waals surface area contributed by atoms with Crippen LogP contribution in [0.2, 0.25) is 0 Å². The minimum Gasteiger partial charge on any atom is -0.299 e. The summed E-state index contributed by atoms with van der Waals surface area (Å²) in [6.07, 6.45) is 6.56. The lowest BCUT2D eigenvalue weighted by atomic mass is 10.1. The SMILES string of the molecule is CC(=CC=O)CC=CC(C)(C)OO. The highest BCUT2D eigenvalue weighted by Gasteiger charge is 2.12. The number of aldehydes is 1. The molecule has 0 atom stereocenters. The quantitative estimate of drug-likeness (QED) is 0.234. The summed E-state index contributed by atoms with van der Waals surface area (Å²) in [7, 11) is 0. The molecule has 0 fully saturated rings. The molecule has 0 rings (SSSR count). The molecule has 0 aliphatic heterocycles. The Balaban J connectivity index is 4.01. The highest BCUT2D eigenvalue weighted by atomic mass is 17.1. The maximum Gasteiger partial charge on any atom is 0.142 e. The van der Waals surface area contributed by atoms with Crippen molar-refractivity contribution >= 4 is 6.29 Å². The van der Waals surface area contributed by atoms with Crippen LogP contribution in [0.25, 0.3) is 0 Å². The largest absolute Gasteiger partial charge is 0.299 e. The molecule has 0 unspecified atom stereocenters. The molecule has 1 N–H and O–H groups in total. The molecule has 0 radical (unpaired) electrons. The molecule has 13 heavy (non-hydrogen) atoms. The number of carbonyl (C=O) groups excluding carboxylic acids is 1. The number of hydrogen-bond acceptors (Lipinski definition) is 3. The molecule has 0 saturated heterocycles. The third kappa shape index (κ3) is 6.25. The van der Waals surface area contributed by atoms with Crippen molar-refractivity contribution in [1.29, 1.82) is 0 Å². The summed E-state index contributed by atoms with van der Waals surface area (Å²) in [5.41, 5.74) is 0.307. The van der Waals surface area contributed by atoms with Gasteiger partial charge < -0.3 is 0 Å². The Morgan fingerprint density at radius 1 is 1.54 bits per heavy atom. The fourth-order valence-corrected chi connectivity index (χ4v) is 0.743. The summed E-state index contributed by atoms with van der Waals surface area (Å²) >= 11 is 0. The first-order valence-corrected chi connectivity index (χ1v) is 4.13. The fourth-order valence-electron chi connectivity index (χ4n) is 0.743. The number of allylic oxidation sites excluding steroid dienone is 3. The summed E-state index contributed by atoms with van der Waals surface area (Å²) in [6, 6.07) is 0. The number of carbonyl (C=O) groups is 1. The van der Waals surface area contributed by atoms with E-state index in [1.54, 1.807) is 19.9 Å². The van der Waals surface area contributed by atoms with E-state index in [4.69, 9.17) is 5.26 Å². The maximum atomic E-state index is 10.1. The van der Waals surface area contributed by atoms with Crippen LogP contribution in [-0.4, -0.2) is 17.1 Å². The van der Waals surface area contributed by atoms with Crippen LogP contribution in [-0.2, 0) is 9.68 Å². The average molecular weight is 184 g/mol. The third-order valence-electron chi connectivity index (χ3n) is 1.55. The zero-order valence-corrected chi connectivity index (χ0v) is 8.28. The van der Waals surface area contributed by atoms with Gasteiger partial charge in [-0.15, -0.1) is 0 Å². The van der Waals surface area contributed by atoms with E-state index in [0.717, 1.165) is 11.9 Å². The molecule has 0 saturated carbocycles. The Bertz CT molecular complexity index is 214. The van der Waals surface area contributed by atoms with E-state index >= 15 is 0 Å². The first kappa shape index (κ1) is 12.1. The van der Waals surface area contributed by atoms with Crippen LogP contribution in [0.4, 0.5) is 0 Å². The molecule has 0 spiro atoms. The molecule has 3 heteroatoms. The summed E-state index contributed by atoms with van der Waals surface area (Å²) < 4.78 is 0.